The number of hydrogen-bond acceptors (Lipinski definition) is 2. The largest absolute Gasteiger partial charge is 0.385 e. The fourth-order valence-electron chi connectivity index (χ4n) is 2.45. The molecule has 1 rings (SSSR count). The molecule has 1 aromatic carbocycles. The van der Waals surface area contributed by atoms with E-state index in [2.05, 4.69) is 55.3 Å². The van der Waals surface area contributed by atoms with E-state index in [1.54, 1.807) is 0 Å². The molecule has 0 saturated carbocycles. The summed E-state index contributed by atoms with van der Waals surface area (Å²) in [6, 6.07) is 8.87. The fourth-order valence-corrected chi connectivity index (χ4v) is 2.45. The van der Waals surface area contributed by atoms with Crippen LogP contribution < -0.4 is 5.32 Å². The van der Waals surface area contributed by atoms with Crippen molar-refractivity contribution in [3.8, 4) is 0 Å². The average molecular weight is 276 g/mol. The molecular weight excluding hydrogens is 244 g/mol. The Morgan fingerprint density at radius 2 is 1.70 bits per heavy atom. The van der Waals surface area contributed by atoms with Crippen LogP contribution in [0.15, 0.2) is 24.3 Å². The number of anilines is 1. The van der Waals surface area contributed by atoms with Crippen molar-refractivity contribution in [2.75, 3.05) is 25.0 Å². The van der Waals surface area contributed by atoms with E-state index in [-0.39, 0.29) is 0 Å². The zero-order chi connectivity index (χ0) is 14.6. The Kier molecular flexibility index (Phi) is 9.14. The Morgan fingerprint density at radius 1 is 0.950 bits per heavy atom. The maximum atomic E-state index is 3.55. The van der Waals surface area contributed by atoms with Crippen molar-refractivity contribution in [1.82, 2.24) is 4.90 Å². The van der Waals surface area contributed by atoms with Gasteiger partial charge in [-0.15, -0.1) is 0 Å². The first-order chi connectivity index (χ1) is 9.80. The highest BCUT2D eigenvalue weighted by molar-refractivity contribution is 5.45. The molecule has 0 saturated heterocycles. The van der Waals surface area contributed by atoms with Crippen LogP contribution in [0.25, 0.3) is 0 Å². The summed E-state index contributed by atoms with van der Waals surface area (Å²) < 4.78 is 0. The summed E-state index contributed by atoms with van der Waals surface area (Å²) in [7, 11) is 0. The number of unbranched alkanes of at least 4 members (excludes halogenated alkanes) is 4. The number of nitrogens with zero attached hydrogens (tertiary/aromatic N) is 1. The van der Waals surface area contributed by atoms with Gasteiger partial charge in [-0.3, -0.25) is 4.90 Å². The van der Waals surface area contributed by atoms with E-state index in [1.165, 1.54) is 43.4 Å². The molecule has 0 heterocycles. The number of nitrogens with one attached hydrogen (secondary N) is 1. The van der Waals surface area contributed by atoms with E-state index in [0.29, 0.717) is 0 Å². The Bertz CT molecular complexity index is 345. The van der Waals surface area contributed by atoms with Crippen molar-refractivity contribution < 1.29 is 0 Å². The Balaban J connectivity index is 2.32. The molecule has 114 valence electrons. The molecule has 0 radical (unpaired) electrons. The van der Waals surface area contributed by atoms with Gasteiger partial charge in [0.2, 0.25) is 0 Å². The highest BCUT2D eigenvalue weighted by atomic mass is 15.1. The lowest BCUT2D eigenvalue weighted by atomic mass is 10.1. The standard InChI is InChI=1S/C18H32N2/c1-4-7-8-9-10-14-19-18-13-11-12-17(15-18)16-20(5-2)6-3/h11-13,15,19H,4-10,14,16H2,1-3H3. The van der Waals surface area contributed by atoms with Crippen LogP contribution in [0.1, 0.15) is 58.4 Å². The van der Waals surface area contributed by atoms with Crippen molar-refractivity contribution in [3.05, 3.63) is 29.8 Å². The van der Waals surface area contributed by atoms with Gasteiger partial charge in [-0.2, -0.15) is 0 Å². The predicted molar refractivity (Wildman–Crippen MR) is 90.3 cm³/mol. The highest BCUT2D eigenvalue weighted by Gasteiger charge is 2.01. The first-order valence-electron chi connectivity index (χ1n) is 8.35. The van der Waals surface area contributed by atoms with Crippen molar-refractivity contribution in [2.24, 2.45) is 0 Å². The monoisotopic (exact) mass is 276 g/mol. The summed E-state index contributed by atoms with van der Waals surface area (Å²) in [4.78, 5) is 2.45. The van der Waals surface area contributed by atoms with Gasteiger partial charge in [-0.05, 0) is 37.2 Å². The van der Waals surface area contributed by atoms with Gasteiger partial charge in [0.05, 0.1) is 0 Å². The molecular formula is C18H32N2. The minimum Gasteiger partial charge on any atom is -0.385 e. The molecule has 2 nitrogen and oxygen atoms in total. The molecule has 0 aliphatic heterocycles. The van der Waals surface area contributed by atoms with Crippen LogP contribution in [0, 0.1) is 0 Å². The van der Waals surface area contributed by atoms with E-state index in [0.717, 1.165) is 26.2 Å². The smallest absolute Gasteiger partial charge is 0.0343 e. The number of hydrogen-bond donors (Lipinski definition) is 1. The van der Waals surface area contributed by atoms with Gasteiger partial charge in [0.1, 0.15) is 0 Å². The lowest BCUT2D eigenvalue weighted by Gasteiger charge is -2.18. The second-order valence-corrected chi connectivity index (χ2v) is 5.50. The van der Waals surface area contributed by atoms with E-state index in [4.69, 9.17) is 0 Å². The summed E-state index contributed by atoms with van der Waals surface area (Å²) in [5, 5.41) is 3.55. The number of benzene rings is 1. The molecule has 0 bridgehead atoms. The SMILES string of the molecule is CCCCCCCNc1cccc(CN(CC)CC)c1. The van der Waals surface area contributed by atoms with Crippen molar-refractivity contribution in [1.29, 1.82) is 0 Å². The van der Waals surface area contributed by atoms with Crippen LogP contribution in [0.2, 0.25) is 0 Å². The molecule has 1 aromatic rings. The Labute approximate surface area is 125 Å². The predicted octanol–water partition coefficient (Wildman–Crippen LogP) is 4.91. The second kappa shape index (κ2) is 10.7. The quantitative estimate of drug-likeness (QED) is 0.578. The van der Waals surface area contributed by atoms with Crippen LogP contribution in [0.4, 0.5) is 5.69 Å². The fraction of sp³-hybridized carbons (Fsp3) is 0.667. The molecule has 0 aliphatic carbocycles. The summed E-state index contributed by atoms with van der Waals surface area (Å²) >= 11 is 0. The molecule has 0 spiro atoms. The van der Waals surface area contributed by atoms with E-state index >= 15 is 0 Å². The second-order valence-electron chi connectivity index (χ2n) is 5.50. The molecule has 0 atom stereocenters. The lowest BCUT2D eigenvalue weighted by molar-refractivity contribution is 0.296. The minimum absolute atomic E-state index is 1.05. The summed E-state index contributed by atoms with van der Waals surface area (Å²) in [6.07, 6.45) is 6.70. The summed E-state index contributed by atoms with van der Waals surface area (Å²) in [5.74, 6) is 0. The normalized spacial score (nSPS) is 11.0. The van der Waals surface area contributed by atoms with Crippen LogP contribution in [0.5, 0.6) is 0 Å². The Hall–Kier alpha value is -1.02. The van der Waals surface area contributed by atoms with Gasteiger partial charge in [0.15, 0.2) is 0 Å². The van der Waals surface area contributed by atoms with Crippen molar-refractivity contribution >= 4 is 5.69 Å². The van der Waals surface area contributed by atoms with Gasteiger partial charge in [0.25, 0.3) is 0 Å². The Morgan fingerprint density at radius 3 is 2.40 bits per heavy atom. The van der Waals surface area contributed by atoms with Crippen molar-refractivity contribution in [3.63, 3.8) is 0 Å². The highest BCUT2D eigenvalue weighted by Crippen LogP contribution is 2.13. The van der Waals surface area contributed by atoms with Crippen molar-refractivity contribution in [2.45, 2.75) is 59.4 Å². The van der Waals surface area contributed by atoms with Crippen LogP contribution >= 0.6 is 0 Å². The van der Waals surface area contributed by atoms with Crippen LogP contribution in [-0.2, 0) is 6.54 Å². The van der Waals surface area contributed by atoms with Gasteiger partial charge in [-0.25, -0.2) is 0 Å². The molecule has 20 heavy (non-hydrogen) atoms. The third kappa shape index (κ3) is 6.95. The molecule has 0 aliphatic rings. The molecule has 0 unspecified atom stereocenters. The van der Waals surface area contributed by atoms with Crippen LogP contribution in [0.3, 0.4) is 0 Å². The van der Waals surface area contributed by atoms with E-state index < -0.39 is 0 Å². The third-order valence-electron chi connectivity index (χ3n) is 3.84. The summed E-state index contributed by atoms with van der Waals surface area (Å²) in [6.45, 7) is 11.1. The van der Waals surface area contributed by atoms with Crippen LogP contribution in [-0.4, -0.2) is 24.5 Å². The third-order valence-corrected chi connectivity index (χ3v) is 3.84. The maximum absolute atomic E-state index is 3.55. The number of rotatable bonds is 11. The van der Waals surface area contributed by atoms with Gasteiger partial charge >= 0.3 is 0 Å². The van der Waals surface area contributed by atoms with Gasteiger partial charge in [0, 0.05) is 18.8 Å². The first-order valence-corrected chi connectivity index (χ1v) is 8.35. The lowest BCUT2D eigenvalue weighted by Crippen LogP contribution is -2.22. The average Bonchev–Trinajstić information content (AvgIpc) is 2.49. The van der Waals surface area contributed by atoms with Gasteiger partial charge in [-0.1, -0.05) is 58.6 Å². The first kappa shape index (κ1) is 17.0. The maximum Gasteiger partial charge on any atom is 0.0343 e. The zero-order valence-electron chi connectivity index (χ0n) is 13.6. The molecule has 1 N–H and O–H groups in total. The minimum atomic E-state index is 1.05. The van der Waals surface area contributed by atoms with E-state index in [9.17, 15) is 0 Å². The topological polar surface area (TPSA) is 15.3 Å². The molecule has 0 aromatic heterocycles. The van der Waals surface area contributed by atoms with E-state index in [1.807, 2.05) is 0 Å². The molecule has 2 heteroatoms. The molecule has 0 fully saturated rings. The zero-order valence-corrected chi connectivity index (χ0v) is 13.6. The summed E-state index contributed by atoms with van der Waals surface area (Å²) in [5.41, 5.74) is 2.68. The molecule has 0 amide bonds. The van der Waals surface area contributed by atoms with Gasteiger partial charge < -0.3 is 5.32 Å².